The molecule has 0 aliphatic carbocycles. The van der Waals surface area contributed by atoms with Crippen LogP contribution in [0.1, 0.15) is 189 Å². The third-order valence-corrected chi connectivity index (χ3v) is 17.7. The zero-order chi connectivity index (χ0) is 59.9. The summed E-state index contributed by atoms with van der Waals surface area (Å²) in [7, 11) is 0. The Balaban J connectivity index is 1.15. The van der Waals surface area contributed by atoms with Gasteiger partial charge in [-0.2, -0.15) is 0 Å². The molecule has 2 N–H and O–H groups in total. The summed E-state index contributed by atoms with van der Waals surface area (Å²) in [5.41, 5.74) is 8.69. The van der Waals surface area contributed by atoms with Crippen LogP contribution in [0.5, 0.6) is 34.5 Å². The zero-order valence-electron chi connectivity index (χ0n) is 50.5. The Labute approximate surface area is 508 Å². The first-order chi connectivity index (χ1) is 43.2. The minimum atomic E-state index is -0.429. The van der Waals surface area contributed by atoms with Gasteiger partial charge in [-0.25, -0.2) is 29.9 Å². The Bertz CT molecular complexity index is 4300. The number of nitrogens with one attached hydrogen (secondary N) is 2. The van der Waals surface area contributed by atoms with Crippen LogP contribution >= 0.6 is 0 Å². The van der Waals surface area contributed by atoms with Gasteiger partial charge in [0, 0.05) is 56.3 Å². The van der Waals surface area contributed by atoms with Crippen LogP contribution in [-0.4, -0.2) is 84.4 Å². The van der Waals surface area contributed by atoms with Crippen molar-refractivity contribution in [2.45, 2.75) is 155 Å². The number of nitro benzene ring substituents is 1. The van der Waals surface area contributed by atoms with Gasteiger partial charge in [-0.15, -0.1) is 0 Å². The number of ether oxygens (including phenoxy) is 9. The number of non-ortho nitro benzene ring substituents is 1. The SMILES string of the molecule is CCCCOc1c2c(c(OCCCC)c3c1C1C=CC3O1)-c1nc-2nc2[nH]c(nc3nc(nc4[nH]c(n1)c1c(OCCCC)c5c(c(OCCCC)c41)C1C=CC5O1)-c1c(OCCCC)c4c(c(OCCCC)c1-3)C1C=CC4O1)c1cc([N+](=O)[O-])ccc21. The highest BCUT2D eigenvalue weighted by atomic mass is 16.6. The Kier molecular flexibility index (Phi) is 14.6. The molecule has 7 aromatic rings. The van der Waals surface area contributed by atoms with Gasteiger partial charge in [0.15, 0.2) is 23.3 Å². The number of fused-ring (bicyclic) bond motifs is 35. The van der Waals surface area contributed by atoms with Crippen molar-refractivity contribution in [3.8, 4) is 80.0 Å². The molecule has 20 heteroatoms. The predicted molar refractivity (Wildman–Crippen MR) is 332 cm³/mol. The fourth-order valence-electron chi connectivity index (χ4n) is 13.4. The van der Waals surface area contributed by atoms with Crippen molar-refractivity contribution in [3.05, 3.63) is 98.2 Å². The summed E-state index contributed by atoms with van der Waals surface area (Å²) in [4.78, 5) is 53.1. The molecule has 0 radical (unpaired) electrons. The summed E-state index contributed by atoms with van der Waals surface area (Å²) in [6, 6.07) is 4.68. The van der Waals surface area contributed by atoms with Gasteiger partial charge in [0.1, 0.15) is 93.7 Å². The lowest BCUT2D eigenvalue weighted by Crippen LogP contribution is -2.09. The molecule has 4 aromatic carbocycles. The van der Waals surface area contributed by atoms with E-state index >= 15 is 0 Å². The van der Waals surface area contributed by atoms with Crippen LogP contribution in [0.15, 0.2) is 54.7 Å². The van der Waals surface area contributed by atoms with Gasteiger partial charge in [0.05, 0.1) is 77.6 Å². The smallest absolute Gasteiger partial charge is 0.270 e. The van der Waals surface area contributed by atoms with Crippen molar-refractivity contribution >= 4 is 49.8 Å². The lowest BCUT2D eigenvalue weighted by atomic mass is 9.89. The first-order valence-electron chi connectivity index (χ1n) is 31.9. The summed E-state index contributed by atoms with van der Waals surface area (Å²) in [6.07, 6.45) is 20.0. The van der Waals surface area contributed by atoms with Crippen molar-refractivity contribution < 1.29 is 47.6 Å². The number of aromatic nitrogens is 8. The molecule has 20 nitrogen and oxygen atoms in total. The van der Waals surface area contributed by atoms with Gasteiger partial charge >= 0.3 is 0 Å². The van der Waals surface area contributed by atoms with Crippen molar-refractivity contribution in [1.29, 1.82) is 0 Å². The number of unbranched alkanes of at least 4 members (excludes halogenated alkanes) is 6. The number of benzene rings is 4. The number of rotatable bonds is 25. The molecular formula is C68H71N9O11. The predicted octanol–water partition coefficient (Wildman–Crippen LogP) is 15.9. The number of nitrogens with zero attached hydrogens (tertiary/aromatic N) is 7. The van der Waals surface area contributed by atoms with E-state index in [4.69, 9.17) is 72.5 Å². The molecular weight excluding hydrogens is 1120 g/mol. The number of aromatic amines is 2. The number of H-pyrrole nitrogens is 2. The van der Waals surface area contributed by atoms with E-state index in [9.17, 15) is 10.1 Å². The topological polar surface area (TPSA) is 235 Å². The fraction of sp³-hybridized carbons (Fsp3) is 0.441. The van der Waals surface area contributed by atoms with E-state index in [0.717, 1.165) is 110 Å². The average Bonchev–Trinajstić information content (AvgIpc) is 1.58. The first-order valence-corrected chi connectivity index (χ1v) is 31.9. The van der Waals surface area contributed by atoms with Crippen LogP contribution in [0.3, 0.4) is 0 Å². The second-order valence-corrected chi connectivity index (χ2v) is 23.6. The quantitative estimate of drug-likeness (QED) is 0.0234. The normalized spacial score (nSPS) is 19.7. The molecule has 6 atom stereocenters. The summed E-state index contributed by atoms with van der Waals surface area (Å²) in [5.74, 6) is 4.57. The lowest BCUT2D eigenvalue weighted by Gasteiger charge is -2.22. The Morgan fingerprint density at radius 1 is 0.398 bits per heavy atom. The summed E-state index contributed by atoms with van der Waals surface area (Å²) in [6.45, 7) is 15.3. The van der Waals surface area contributed by atoms with Crippen molar-refractivity contribution in [1.82, 2.24) is 39.9 Å². The van der Waals surface area contributed by atoms with Crippen LogP contribution in [0.25, 0.3) is 89.7 Å². The maximum absolute atomic E-state index is 12.8. The van der Waals surface area contributed by atoms with Crippen molar-refractivity contribution in [2.24, 2.45) is 0 Å². The Morgan fingerprint density at radius 3 is 1.00 bits per heavy atom. The van der Waals surface area contributed by atoms with E-state index in [1.807, 2.05) is 0 Å². The first kappa shape index (κ1) is 56.1. The number of nitro groups is 1. The monoisotopic (exact) mass is 1190 g/mol. The maximum Gasteiger partial charge on any atom is 0.270 e. The molecule has 0 saturated heterocycles. The van der Waals surface area contributed by atoms with Gasteiger partial charge in [0.25, 0.3) is 5.69 Å². The van der Waals surface area contributed by atoms with Gasteiger partial charge in [-0.1, -0.05) is 117 Å². The van der Waals surface area contributed by atoms with Crippen molar-refractivity contribution in [3.63, 3.8) is 0 Å². The van der Waals surface area contributed by atoms with Gasteiger partial charge in [-0.05, 0) is 44.6 Å². The molecule has 6 unspecified atom stereocenters. The lowest BCUT2D eigenvalue weighted by molar-refractivity contribution is -0.384. The third kappa shape index (κ3) is 8.93. The van der Waals surface area contributed by atoms with Crippen molar-refractivity contribution in [2.75, 3.05) is 39.6 Å². The second-order valence-electron chi connectivity index (χ2n) is 23.6. The maximum atomic E-state index is 12.8. The minimum Gasteiger partial charge on any atom is -0.492 e. The average molecular weight is 1190 g/mol. The van der Waals surface area contributed by atoms with E-state index < -0.39 is 41.5 Å². The molecule has 0 fully saturated rings. The Hall–Kier alpha value is -8.46. The molecule has 454 valence electrons. The molecule has 8 aliphatic heterocycles. The molecule has 0 saturated carbocycles. The van der Waals surface area contributed by atoms with Crippen LogP contribution in [-0.2, 0) is 14.2 Å². The third-order valence-electron chi connectivity index (χ3n) is 17.7. The fourth-order valence-corrected chi connectivity index (χ4v) is 13.4. The van der Waals surface area contributed by atoms with Gasteiger partial charge in [-0.3, -0.25) is 10.1 Å². The largest absolute Gasteiger partial charge is 0.492 e. The van der Waals surface area contributed by atoms with Gasteiger partial charge < -0.3 is 52.6 Å². The molecule has 8 aliphatic rings. The van der Waals surface area contributed by atoms with E-state index in [-0.39, 0.29) is 34.6 Å². The number of hydrogen-bond acceptors (Lipinski definition) is 17. The molecule has 0 amide bonds. The number of hydrogen-bond donors (Lipinski definition) is 2. The van der Waals surface area contributed by atoms with Gasteiger partial charge in [0.2, 0.25) is 0 Å². The van der Waals surface area contributed by atoms with E-state index in [1.165, 1.54) is 12.1 Å². The van der Waals surface area contributed by atoms with E-state index in [0.29, 0.717) is 135 Å². The summed E-state index contributed by atoms with van der Waals surface area (Å²) >= 11 is 0. The molecule has 14 bridgehead atoms. The Morgan fingerprint density at radius 2 is 0.682 bits per heavy atom. The second kappa shape index (κ2) is 22.9. The molecule has 15 rings (SSSR count). The highest BCUT2D eigenvalue weighted by Gasteiger charge is 2.48. The van der Waals surface area contributed by atoms with E-state index in [2.05, 4.69) is 88.0 Å². The highest BCUT2D eigenvalue weighted by Crippen LogP contribution is 2.64. The summed E-state index contributed by atoms with van der Waals surface area (Å²) < 4.78 is 62.6. The minimum absolute atomic E-state index is 0.133. The standard InChI is InChI=1S/C68H71N9O11/c1-7-13-27-80-55-43-37-21-23-39(86-37)45(43)57(82-29-15-9-3)51-49(55)63-70-61-35-20-19-34(77(78)79)33-36(35)62(69-61)71-64-50-52(58(83-30-16-10-4)46-40-24-22-38(87-40)44(46)56(50)81-28-14-8-2)66(73-64)75-68-54-53(67(76-68)74-65(51)72-63)59(84-31-17-11-5)47-41-25-26-42(88-41)48(47)60(54)85-32-18-12-6/h19-26,33,37-42H,7-18,27-32H2,1-6H3,(H2,69,70,71,72,73,74,75,76). The van der Waals surface area contributed by atoms with Crippen LogP contribution in [0.2, 0.25) is 0 Å². The van der Waals surface area contributed by atoms with Crippen LogP contribution in [0.4, 0.5) is 5.69 Å². The molecule has 3 aromatic heterocycles. The molecule has 88 heavy (non-hydrogen) atoms. The zero-order valence-corrected chi connectivity index (χ0v) is 50.5. The highest BCUT2D eigenvalue weighted by molar-refractivity contribution is 6.14. The van der Waals surface area contributed by atoms with Crippen LogP contribution < -0.4 is 28.4 Å². The molecule has 11 heterocycles. The van der Waals surface area contributed by atoms with Crippen LogP contribution in [0, 0.1) is 10.1 Å². The van der Waals surface area contributed by atoms with E-state index in [1.54, 1.807) is 6.07 Å². The summed E-state index contributed by atoms with van der Waals surface area (Å²) in [5, 5.41) is 15.0. The molecule has 0 spiro atoms.